The molecule has 0 spiro atoms. The van der Waals surface area contributed by atoms with Gasteiger partial charge in [-0.05, 0) is 65.9 Å². The molecule has 34 heavy (non-hydrogen) atoms. The van der Waals surface area contributed by atoms with Crippen molar-refractivity contribution in [1.29, 1.82) is 0 Å². The van der Waals surface area contributed by atoms with Crippen molar-refractivity contribution in [3.05, 3.63) is 75.8 Å². The first kappa shape index (κ1) is 23.3. The lowest BCUT2D eigenvalue weighted by Crippen LogP contribution is -2.29. The van der Waals surface area contributed by atoms with Crippen LogP contribution in [0.1, 0.15) is 42.6 Å². The van der Waals surface area contributed by atoms with Crippen molar-refractivity contribution in [2.24, 2.45) is 0 Å². The number of aliphatic hydroxyl groups is 1. The molecule has 0 aromatic heterocycles. The minimum Gasteiger partial charge on any atom is -0.490 e. The second-order valence-corrected chi connectivity index (χ2v) is 8.47. The van der Waals surface area contributed by atoms with Gasteiger partial charge in [0.05, 0.1) is 40.3 Å². The summed E-state index contributed by atoms with van der Waals surface area (Å²) in [6.07, 6.45) is 1.79. The van der Waals surface area contributed by atoms with E-state index in [9.17, 15) is 20.0 Å². The van der Waals surface area contributed by atoms with Gasteiger partial charge >= 0.3 is 5.69 Å². The summed E-state index contributed by atoms with van der Waals surface area (Å²) in [6, 6.07) is 15.8. The molecule has 1 aliphatic heterocycles. The number of nitrogens with zero attached hydrogens (tertiary/aromatic N) is 1. The van der Waals surface area contributed by atoms with Crippen LogP contribution in [-0.2, 0) is 6.42 Å². The first-order valence-electron chi connectivity index (χ1n) is 11.2. The molecule has 0 saturated heterocycles. The molecule has 1 heterocycles. The van der Waals surface area contributed by atoms with Gasteiger partial charge < -0.3 is 20.5 Å². The molecule has 8 heteroatoms. The maximum absolute atomic E-state index is 12.9. The Kier molecular flexibility index (Phi) is 6.26. The Morgan fingerprint density at radius 3 is 2.32 bits per heavy atom. The van der Waals surface area contributed by atoms with Crippen LogP contribution in [0.2, 0.25) is 0 Å². The lowest BCUT2D eigenvalue weighted by molar-refractivity contribution is -0.385. The maximum Gasteiger partial charge on any atom is 0.310 e. The highest BCUT2D eigenvalue weighted by atomic mass is 16.6. The minimum atomic E-state index is -0.778. The van der Waals surface area contributed by atoms with Crippen molar-refractivity contribution in [1.82, 2.24) is 0 Å². The molecule has 1 amide bonds. The molecule has 3 aromatic carbocycles. The zero-order valence-electron chi connectivity index (χ0n) is 19.3. The van der Waals surface area contributed by atoms with E-state index in [1.807, 2.05) is 38.1 Å². The summed E-state index contributed by atoms with van der Waals surface area (Å²) >= 11 is 0. The fourth-order valence-electron chi connectivity index (χ4n) is 4.16. The van der Waals surface area contributed by atoms with Gasteiger partial charge in [0, 0.05) is 12.5 Å². The van der Waals surface area contributed by atoms with E-state index in [1.165, 1.54) is 13.2 Å². The van der Waals surface area contributed by atoms with Gasteiger partial charge in [0.25, 0.3) is 5.91 Å². The number of rotatable bonds is 7. The number of nitro benzene ring substituents is 1. The molecule has 0 aliphatic carbocycles. The van der Waals surface area contributed by atoms with Gasteiger partial charge in [-0.1, -0.05) is 26.0 Å². The lowest BCUT2D eigenvalue weighted by atomic mass is 9.89. The normalized spacial score (nSPS) is 12.6. The minimum absolute atomic E-state index is 0.110. The molecule has 0 bridgehead atoms. The van der Waals surface area contributed by atoms with Crippen LogP contribution in [-0.4, -0.2) is 28.6 Å². The first-order valence-corrected chi connectivity index (χ1v) is 11.2. The summed E-state index contributed by atoms with van der Waals surface area (Å²) in [4.78, 5) is 23.7. The Morgan fingerprint density at radius 1 is 0.941 bits per heavy atom. The summed E-state index contributed by atoms with van der Waals surface area (Å²) in [5, 5.41) is 28.2. The predicted molar refractivity (Wildman–Crippen MR) is 132 cm³/mol. The van der Waals surface area contributed by atoms with Crippen LogP contribution in [0, 0.1) is 10.1 Å². The average molecular weight is 462 g/mol. The Morgan fingerprint density at radius 2 is 1.65 bits per heavy atom. The topological polar surface area (TPSA) is 114 Å². The van der Waals surface area contributed by atoms with Crippen LogP contribution >= 0.6 is 0 Å². The Hall–Kier alpha value is -3.91. The largest absolute Gasteiger partial charge is 0.490 e. The SMILES string of the molecule is CCC(O)(CC)Cc1ccc2c(c1)NC(=O)c1ccc(-c3ccc([N+](=O)[O-])c(OC)c3)cc1N2. The standard InChI is InChI=1S/C26H27N3O5/c1-4-26(31,5-2)15-16-6-10-20-22(12-16)28-25(30)19-9-7-17(13-21(19)27-20)18-8-11-23(29(32)33)24(14-18)34-3/h6-14,27,31H,4-5,15H2,1-3H3,(H,28,30). The van der Waals surface area contributed by atoms with Crippen LogP contribution in [0.5, 0.6) is 5.75 Å². The second kappa shape index (κ2) is 9.15. The van der Waals surface area contributed by atoms with E-state index in [4.69, 9.17) is 4.74 Å². The van der Waals surface area contributed by atoms with E-state index in [-0.39, 0.29) is 17.3 Å². The van der Waals surface area contributed by atoms with Gasteiger partial charge in [0.1, 0.15) is 0 Å². The van der Waals surface area contributed by atoms with Crippen molar-refractivity contribution in [2.45, 2.75) is 38.7 Å². The monoisotopic (exact) mass is 461 g/mol. The fourth-order valence-corrected chi connectivity index (χ4v) is 4.16. The van der Waals surface area contributed by atoms with Crippen molar-refractivity contribution < 1.29 is 19.6 Å². The van der Waals surface area contributed by atoms with Gasteiger partial charge in [-0.25, -0.2) is 0 Å². The van der Waals surface area contributed by atoms with E-state index in [0.717, 1.165) is 22.4 Å². The lowest BCUT2D eigenvalue weighted by Gasteiger charge is -2.25. The number of carbonyl (C=O) groups excluding carboxylic acids is 1. The predicted octanol–water partition coefficient (Wildman–Crippen LogP) is 5.67. The third-order valence-corrected chi connectivity index (χ3v) is 6.42. The maximum atomic E-state index is 12.9. The molecule has 0 fully saturated rings. The van der Waals surface area contributed by atoms with Crippen molar-refractivity contribution in [3.63, 3.8) is 0 Å². The third-order valence-electron chi connectivity index (χ3n) is 6.42. The van der Waals surface area contributed by atoms with Crippen molar-refractivity contribution in [3.8, 4) is 16.9 Å². The Balaban J connectivity index is 1.68. The number of ether oxygens (including phenoxy) is 1. The fraction of sp³-hybridized carbons (Fsp3) is 0.269. The summed E-state index contributed by atoms with van der Waals surface area (Å²) in [6.45, 7) is 3.93. The van der Waals surface area contributed by atoms with E-state index in [2.05, 4.69) is 10.6 Å². The van der Waals surface area contributed by atoms with Crippen LogP contribution in [0.25, 0.3) is 11.1 Å². The van der Waals surface area contributed by atoms with E-state index in [0.29, 0.717) is 36.2 Å². The van der Waals surface area contributed by atoms with E-state index < -0.39 is 10.5 Å². The second-order valence-electron chi connectivity index (χ2n) is 8.47. The molecule has 176 valence electrons. The van der Waals surface area contributed by atoms with E-state index in [1.54, 1.807) is 24.3 Å². The van der Waals surface area contributed by atoms with Gasteiger partial charge in [-0.15, -0.1) is 0 Å². The van der Waals surface area contributed by atoms with E-state index >= 15 is 0 Å². The molecule has 0 radical (unpaired) electrons. The number of fused-ring (bicyclic) bond motifs is 2. The molecule has 0 saturated carbocycles. The number of nitro groups is 1. The van der Waals surface area contributed by atoms with Gasteiger partial charge in [-0.3, -0.25) is 14.9 Å². The average Bonchev–Trinajstić information content (AvgIpc) is 2.98. The highest BCUT2D eigenvalue weighted by Gasteiger charge is 2.25. The summed E-state index contributed by atoms with van der Waals surface area (Å²) in [7, 11) is 1.39. The molecule has 0 atom stereocenters. The molecule has 3 N–H and O–H groups in total. The number of nitrogens with one attached hydrogen (secondary N) is 2. The number of carbonyl (C=O) groups is 1. The highest BCUT2D eigenvalue weighted by Crippen LogP contribution is 2.38. The number of hydrogen-bond acceptors (Lipinski definition) is 6. The van der Waals surface area contributed by atoms with Gasteiger partial charge in [0.15, 0.2) is 5.75 Å². The Labute approximate surface area is 197 Å². The van der Waals surface area contributed by atoms with Crippen molar-refractivity contribution >= 4 is 28.7 Å². The summed E-state index contributed by atoms with van der Waals surface area (Å²) in [5.41, 5.74) is 4.05. The van der Waals surface area contributed by atoms with Crippen LogP contribution in [0.15, 0.2) is 54.6 Å². The third kappa shape index (κ3) is 4.45. The Bertz CT molecular complexity index is 1270. The molecule has 4 rings (SSSR count). The van der Waals surface area contributed by atoms with Gasteiger partial charge in [-0.2, -0.15) is 0 Å². The van der Waals surface area contributed by atoms with Crippen LogP contribution in [0.4, 0.5) is 22.7 Å². The smallest absolute Gasteiger partial charge is 0.310 e. The molecule has 3 aromatic rings. The molecule has 1 aliphatic rings. The van der Waals surface area contributed by atoms with Crippen LogP contribution < -0.4 is 15.4 Å². The van der Waals surface area contributed by atoms with Crippen LogP contribution in [0.3, 0.4) is 0 Å². The number of hydrogen-bond donors (Lipinski definition) is 3. The summed E-state index contributed by atoms with van der Waals surface area (Å²) in [5.74, 6) is -0.0763. The number of methoxy groups -OCH3 is 1. The highest BCUT2D eigenvalue weighted by molar-refractivity contribution is 6.12. The number of amides is 1. The quantitative estimate of drug-likeness (QED) is 0.308. The zero-order valence-corrected chi connectivity index (χ0v) is 19.3. The molecular weight excluding hydrogens is 434 g/mol. The van der Waals surface area contributed by atoms with Gasteiger partial charge in [0.2, 0.25) is 0 Å². The zero-order chi connectivity index (χ0) is 24.5. The number of anilines is 3. The number of benzene rings is 3. The molecule has 0 unspecified atom stereocenters. The molecular formula is C26H27N3O5. The van der Waals surface area contributed by atoms with Crippen molar-refractivity contribution in [2.75, 3.05) is 17.7 Å². The summed E-state index contributed by atoms with van der Waals surface area (Å²) < 4.78 is 5.19. The molecule has 8 nitrogen and oxygen atoms in total. The first-order chi connectivity index (χ1) is 16.3.